The summed E-state index contributed by atoms with van der Waals surface area (Å²) in [6.07, 6.45) is 1.43. The predicted molar refractivity (Wildman–Crippen MR) is 88.0 cm³/mol. The van der Waals surface area contributed by atoms with E-state index in [9.17, 15) is 4.79 Å². The Hall–Kier alpha value is -3.24. The van der Waals surface area contributed by atoms with Crippen molar-refractivity contribution < 1.29 is 4.79 Å². The number of nitrogens with one attached hydrogen (secondary N) is 1. The maximum Gasteiger partial charge on any atom is 0.257 e. The van der Waals surface area contributed by atoms with E-state index in [4.69, 9.17) is 16.9 Å². The number of aromatic nitrogens is 4. The molecule has 0 aliphatic rings. The van der Waals surface area contributed by atoms with Gasteiger partial charge in [0.2, 0.25) is 0 Å². The monoisotopic (exact) mass is 338 g/mol. The molecular formula is C16H11ClN6O. The smallest absolute Gasteiger partial charge is 0.257 e. The van der Waals surface area contributed by atoms with E-state index in [2.05, 4.69) is 20.8 Å². The Labute approximate surface area is 142 Å². The minimum atomic E-state index is -0.360. The van der Waals surface area contributed by atoms with E-state index >= 15 is 0 Å². The minimum absolute atomic E-state index is 0.273. The van der Waals surface area contributed by atoms with Crippen LogP contribution in [0, 0.1) is 18.3 Å². The number of tetrazole rings is 1. The van der Waals surface area contributed by atoms with Crippen molar-refractivity contribution in [2.24, 2.45) is 0 Å². The number of rotatable bonds is 3. The number of nitriles is 1. The molecule has 1 aromatic heterocycles. The van der Waals surface area contributed by atoms with Crippen LogP contribution in [0.25, 0.3) is 5.69 Å². The summed E-state index contributed by atoms with van der Waals surface area (Å²) >= 11 is 6.21. The molecule has 0 saturated heterocycles. The van der Waals surface area contributed by atoms with Gasteiger partial charge in [-0.1, -0.05) is 17.7 Å². The Bertz CT molecular complexity index is 946. The Morgan fingerprint density at radius 3 is 2.79 bits per heavy atom. The lowest BCUT2D eigenvalue weighted by Gasteiger charge is -2.10. The third kappa shape index (κ3) is 3.09. The second kappa shape index (κ2) is 6.48. The fraction of sp³-hybridized carbons (Fsp3) is 0.0625. The molecule has 1 heterocycles. The second-order valence-electron chi connectivity index (χ2n) is 5.01. The molecule has 1 amide bonds. The number of carbonyl (C=O) groups is 1. The van der Waals surface area contributed by atoms with Crippen molar-refractivity contribution in [1.29, 1.82) is 5.26 Å². The van der Waals surface area contributed by atoms with Crippen molar-refractivity contribution in [1.82, 2.24) is 20.2 Å². The molecule has 118 valence electrons. The lowest BCUT2D eigenvalue weighted by molar-refractivity contribution is 0.102. The summed E-state index contributed by atoms with van der Waals surface area (Å²) in [5, 5.41) is 22.9. The molecule has 0 unspecified atom stereocenters. The van der Waals surface area contributed by atoms with Gasteiger partial charge >= 0.3 is 0 Å². The third-order valence-corrected chi connectivity index (χ3v) is 3.74. The molecule has 0 bridgehead atoms. The van der Waals surface area contributed by atoms with Crippen LogP contribution in [0.2, 0.25) is 5.02 Å². The number of amides is 1. The van der Waals surface area contributed by atoms with Crippen LogP contribution in [-0.2, 0) is 0 Å². The number of carbonyl (C=O) groups excluding carboxylic acids is 1. The van der Waals surface area contributed by atoms with E-state index in [0.29, 0.717) is 22.5 Å². The molecule has 0 aliphatic heterocycles. The highest BCUT2D eigenvalue weighted by Crippen LogP contribution is 2.23. The molecule has 3 aromatic rings. The molecule has 7 nitrogen and oxygen atoms in total. The molecule has 1 N–H and O–H groups in total. The third-order valence-electron chi connectivity index (χ3n) is 3.43. The zero-order valence-electron chi connectivity index (χ0n) is 12.6. The van der Waals surface area contributed by atoms with Crippen LogP contribution in [0.3, 0.4) is 0 Å². The molecular weight excluding hydrogens is 328 g/mol. The van der Waals surface area contributed by atoms with Crippen molar-refractivity contribution in [2.45, 2.75) is 6.92 Å². The zero-order valence-corrected chi connectivity index (χ0v) is 13.3. The van der Waals surface area contributed by atoms with Crippen molar-refractivity contribution in [2.75, 3.05) is 5.32 Å². The van der Waals surface area contributed by atoms with Crippen LogP contribution >= 0.6 is 11.6 Å². The summed E-state index contributed by atoms with van der Waals surface area (Å²) in [5.41, 5.74) is 2.85. The van der Waals surface area contributed by atoms with Gasteiger partial charge in [0.1, 0.15) is 6.33 Å². The number of aryl methyl sites for hydroxylation is 1. The standard InChI is InChI=1S/C16H11ClN6O/c1-10-2-3-11(8-18)6-15(10)20-16(24)13-5-4-12(7-14(13)17)23-9-19-21-22-23/h2-7,9H,1H3,(H,20,24). The van der Waals surface area contributed by atoms with Crippen LogP contribution in [0.1, 0.15) is 21.5 Å². The zero-order chi connectivity index (χ0) is 17.1. The van der Waals surface area contributed by atoms with E-state index in [1.807, 2.05) is 13.0 Å². The molecule has 0 spiro atoms. The van der Waals surface area contributed by atoms with Crippen molar-refractivity contribution in [3.05, 3.63) is 64.4 Å². The van der Waals surface area contributed by atoms with E-state index in [1.165, 1.54) is 11.0 Å². The Kier molecular flexibility index (Phi) is 4.22. The Balaban J connectivity index is 1.87. The summed E-state index contributed by atoms with van der Waals surface area (Å²) in [6, 6.07) is 12.0. The fourth-order valence-electron chi connectivity index (χ4n) is 2.13. The first-order valence-corrected chi connectivity index (χ1v) is 7.31. The van der Waals surface area contributed by atoms with Crippen LogP contribution in [-0.4, -0.2) is 26.1 Å². The van der Waals surface area contributed by atoms with Crippen molar-refractivity contribution in [3.8, 4) is 11.8 Å². The molecule has 0 aliphatic carbocycles. The number of nitrogens with zero attached hydrogens (tertiary/aromatic N) is 5. The normalized spacial score (nSPS) is 10.2. The van der Waals surface area contributed by atoms with Gasteiger partial charge < -0.3 is 5.32 Å². The quantitative estimate of drug-likeness (QED) is 0.792. The average molecular weight is 339 g/mol. The van der Waals surface area contributed by atoms with Gasteiger partial charge in [-0.05, 0) is 53.2 Å². The topological polar surface area (TPSA) is 96.5 Å². The summed E-state index contributed by atoms with van der Waals surface area (Å²) < 4.78 is 1.44. The number of halogens is 1. The highest BCUT2D eigenvalue weighted by Gasteiger charge is 2.13. The van der Waals surface area contributed by atoms with Gasteiger partial charge in [0.05, 0.1) is 27.9 Å². The van der Waals surface area contributed by atoms with Crippen LogP contribution in [0.15, 0.2) is 42.7 Å². The number of benzene rings is 2. The first-order chi connectivity index (χ1) is 11.6. The van der Waals surface area contributed by atoms with Crippen LogP contribution in [0.5, 0.6) is 0 Å². The molecule has 0 fully saturated rings. The summed E-state index contributed by atoms with van der Waals surface area (Å²) in [5.74, 6) is -0.360. The first-order valence-electron chi connectivity index (χ1n) is 6.93. The second-order valence-corrected chi connectivity index (χ2v) is 5.42. The molecule has 0 atom stereocenters. The molecule has 3 rings (SSSR count). The van der Waals surface area contributed by atoms with Crippen LogP contribution < -0.4 is 5.32 Å². The Morgan fingerprint density at radius 1 is 1.29 bits per heavy atom. The lowest BCUT2D eigenvalue weighted by Crippen LogP contribution is -2.13. The van der Waals surface area contributed by atoms with E-state index in [-0.39, 0.29) is 10.9 Å². The SMILES string of the molecule is Cc1ccc(C#N)cc1NC(=O)c1ccc(-n2cnnn2)cc1Cl. The molecule has 8 heteroatoms. The van der Waals surface area contributed by atoms with Gasteiger partial charge in [0, 0.05) is 5.69 Å². The largest absolute Gasteiger partial charge is 0.322 e. The summed E-state index contributed by atoms with van der Waals surface area (Å²) in [6.45, 7) is 1.85. The number of hydrogen-bond donors (Lipinski definition) is 1. The molecule has 2 aromatic carbocycles. The van der Waals surface area contributed by atoms with Crippen LogP contribution in [0.4, 0.5) is 5.69 Å². The first kappa shape index (κ1) is 15.6. The molecule has 0 saturated carbocycles. The molecule has 0 radical (unpaired) electrons. The minimum Gasteiger partial charge on any atom is -0.322 e. The molecule has 24 heavy (non-hydrogen) atoms. The van der Waals surface area contributed by atoms with Crippen molar-refractivity contribution >= 4 is 23.2 Å². The fourth-order valence-corrected chi connectivity index (χ4v) is 2.39. The van der Waals surface area contributed by atoms with E-state index < -0.39 is 0 Å². The van der Waals surface area contributed by atoms with Gasteiger partial charge in [0.25, 0.3) is 5.91 Å². The van der Waals surface area contributed by atoms with Gasteiger partial charge in [-0.25, -0.2) is 4.68 Å². The van der Waals surface area contributed by atoms with E-state index in [1.54, 1.807) is 36.4 Å². The summed E-state index contributed by atoms with van der Waals surface area (Å²) in [4.78, 5) is 12.5. The van der Waals surface area contributed by atoms with Gasteiger partial charge in [-0.3, -0.25) is 4.79 Å². The average Bonchev–Trinajstić information content (AvgIpc) is 3.11. The lowest BCUT2D eigenvalue weighted by atomic mass is 10.1. The number of anilines is 1. The van der Waals surface area contributed by atoms with Gasteiger partial charge in [0.15, 0.2) is 0 Å². The highest BCUT2D eigenvalue weighted by atomic mass is 35.5. The predicted octanol–water partition coefficient (Wildman–Crippen LogP) is 2.75. The van der Waals surface area contributed by atoms with E-state index in [0.717, 1.165) is 5.56 Å². The van der Waals surface area contributed by atoms with Gasteiger partial charge in [-0.2, -0.15) is 5.26 Å². The van der Waals surface area contributed by atoms with Gasteiger partial charge in [-0.15, -0.1) is 5.10 Å². The highest BCUT2D eigenvalue weighted by molar-refractivity contribution is 6.34. The maximum atomic E-state index is 12.5. The summed E-state index contributed by atoms with van der Waals surface area (Å²) in [7, 11) is 0. The van der Waals surface area contributed by atoms with Crippen molar-refractivity contribution in [3.63, 3.8) is 0 Å². The Morgan fingerprint density at radius 2 is 2.12 bits per heavy atom. The number of hydrogen-bond acceptors (Lipinski definition) is 5. The maximum absolute atomic E-state index is 12.5.